The van der Waals surface area contributed by atoms with Crippen LogP contribution in [0, 0.1) is 6.07 Å². The quantitative estimate of drug-likeness (QED) is 0.608. The Morgan fingerprint density at radius 3 is 2.33 bits per heavy atom. The minimum atomic E-state index is 0. The molecule has 2 aromatic carbocycles. The Kier molecular flexibility index (Phi) is 4.90. The zero-order valence-corrected chi connectivity index (χ0v) is 15.4. The third kappa shape index (κ3) is 3.56. The van der Waals surface area contributed by atoms with Crippen LogP contribution in [-0.2, 0) is 38.1 Å². The average Bonchev–Trinajstić information content (AvgIpc) is 2.46. The van der Waals surface area contributed by atoms with Crippen molar-refractivity contribution in [2.75, 3.05) is 0 Å². The number of fused-ring (bicyclic) bond motifs is 1. The largest absolute Gasteiger partial charge is 0.254 e. The van der Waals surface area contributed by atoms with E-state index in [1.807, 2.05) is 6.07 Å². The summed E-state index contributed by atoms with van der Waals surface area (Å²) in [6.07, 6.45) is 3.44. The topological polar surface area (TPSA) is 25.8 Å². The molecule has 0 aliphatic rings. The Bertz CT molecular complexity index is 760. The Morgan fingerprint density at radius 1 is 0.905 bits per heavy atom. The summed E-state index contributed by atoms with van der Waals surface area (Å²) in [7, 11) is 0. The standard InChI is InChI=1S/C18H17N2.Y/c1-18(2,3)15-6-4-5-13(11-15)14-7-8-16-17(12-14)20-10-9-19-16;/h4-10,12H,1-3H3;/q-1;. The summed E-state index contributed by atoms with van der Waals surface area (Å²) in [6, 6.07) is 16.0. The predicted molar refractivity (Wildman–Crippen MR) is 82.5 cm³/mol. The third-order valence-corrected chi connectivity index (χ3v) is 3.38. The van der Waals surface area contributed by atoms with E-state index in [1.165, 1.54) is 5.56 Å². The second kappa shape index (κ2) is 6.33. The molecule has 0 spiro atoms. The second-order valence-corrected chi connectivity index (χ2v) is 5.99. The van der Waals surface area contributed by atoms with Gasteiger partial charge in [-0.05, 0) is 11.5 Å². The first-order valence-electron chi connectivity index (χ1n) is 6.78. The number of hydrogen-bond acceptors (Lipinski definition) is 2. The number of nitrogens with zero attached hydrogens (tertiary/aromatic N) is 2. The molecule has 0 aliphatic carbocycles. The molecule has 0 saturated carbocycles. The number of aromatic nitrogens is 2. The summed E-state index contributed by atoms with van der Waals surface area (Å²) in [5, 5.41) is 0. The number of benzene rings is 2. The molecule has 3 rings (SSSR count). The van der Waals surface area contributed by atoms with Gasteiger partial charge in [0.25, 0.3) is 0 Å². The number of hydrogen-bond donors (Lipinski definition) is 0. The van der Waals surface area contributed by atoms with Crippen LogP contribution in [0.5, 0.6) is 0 Å². The van der Waals surface area contributed by atoms with E-state index in [4.69, 9.17) is 0 Å². The smallest absolute Gasteiger partial charge is 0.0871 e. The van der Waals surface area contributed by atoms with Crippen molar-refractivity contribution in [3.63, 3.8) is 0 Å². The van der Waals surface area contributed by atoms with Gasteiger partial charge in [-0.1, -0.05) is 38.5 Å². The zero-order chi connectivity index (χ0) is 14.2. The first kappa shape index (κ1) is 16.3. The second-order valence-electron chi connectivity index (χ2n) is 5.99. The summed E-state index contributed by atoms with van der Waals surface area (Å²) in [6.45, 7) is 6.61. The molecule has 3 heteroatoms. The van der Waals surface area contributed by atoms with E-state index >= 15 is 0 Å². The van der Waals surface area contributed by atoms with Crippen molar-refractivity contribution in [2.45, 2.75) is 26.2 Å². The minimum Gasteiger partial charge on any atom is -0.254 e. The maximum atomic E-state index is 4.36. The van der Waals surface area contributed by atoms with Gasteiger partial charge in [0.15, 0.2) is 0 Å². The Labute approximate surface area is 150 Å². The van der Waals surface area contributed by atoms with Gasteiger partial charge in [0, 0.05) is 45.1 Å². The van der Waals surface area contributed by atoms with Gasteiger partial charge < -0.3 is 0 Å². The van der Waals surface area contributed by atoms with Crippen molar-refractivity contribution in [1.29, 1.82) is 0 Å². The Morgan fingerprint density at radius 2 is 1.62 bits per heavy atom. The summed E-state index contributed by atoms with van der Waals surface area (Å²) in [5.74, 6) is 0. The molecule has 1 heterocycles. The van der Waals surface area contributed by atoms with E-state index in [1.54, 1.807) is 12.4 Å². The molecule has 0 fully saturated rings. The molecular weight excluding hydrogens is 333 g/mol. The number of rotatable bonds is 1. The monoisotopic (exact) mass is 350 g/mol. The van der Waals surface area contributed by atoms with Gasteiger partial charge in [-0.15, -0.1) is 35.4 Å². The van der Waals surface area contributed by atoms with Gasteiger partial charge >= 0.3 is 0 Å². The molecule has 0 aliphatic heterocycles. The van der Waals surface area contributed by atoms with Gasteiger partial charge in [-0.2, -0.15) is 0 Å². The van der Waals surface area contributed by atoms with Crippen LogP contribution < -0.4 is 0 Å². The Balaban J connectivity index is 0.00000161. The minimum absolute atomic E-state index is 0. The molecule has 0 atom stereocenters. The normalized spacial score (nSPS) is 11.2. The van der Waals surface area contributed by atoms with Crippen LogP contribution in [0.25, 0.3) is 22.2 Å². The van der Waals surface area contributed by atoms with Gasteiger partial charge in [0.2, 0.25) is 0 Å². The summed E-state index contributed by atoms with van der Waals surface area (Å²) < 4.78 is 0. The van der Waals surface area contributed by atoms with Gasteiger partial charge in [0.1, 0.15) is 0 Å². The van der Waals surface area contributed by atoms with Crippen molar-refractivity contribution in [3.8, 4) is 11.1 Å². The van der Waals surface area contributed by atoms with Crippen LogP contribution in [0.4, 0.5) is 0 Å². The predicted octanol–water partition coefficient (Wildman–Crippen LogP) is 4.39. The molecule has 103 valence electrons. The molecule has 0 bridgehead atoms. The van der Waals surface area contributed by atoms with Crippen LogP contribution >= 0.6 is 0 Å². The van der Waals surface area contributed by atoms with E-state index in [0.29, 0.717) is 0 Å². The molecule has 21 heavy (non-hydrogen) atoms. The maximum Gasteiger partial charge on any atom is 0.0871 e. The molecule has 2 nitrogen and oxygen atoms in total. The van der Waals surface area contributed by atoms with Crippen LogP contribution in [0.3, 0.4) is 0 Å². The van der Waals surface area contributed by atoms with E-state index in [9.17, 15) is 0 Å². The van der Waals surface area contributed by atoms with Gasteiger partial charge in [-0.3, -0.25) is 9.97 Å². The van der Waals surface area contributed by atoms with Crippen LogP contribution in [0.1, 0.15) is 26.3 Å². The molecule has 3 aromatic rings. The fourth-order valence-electron chi connectivity index (χ4n) is 2.21. The van der Waals surface area contributed by atoms with Crippen molar-refractivity contribution < 1.29 is 32.7 Å². The fraction of sp³-hybridized carbons (Fsp3) is 0.222. The van der Waals surface area contributed by atoms with E-state index in [-0.39, 0.29) is 38.1 Å². The first-order valence-corrected chi connectivity index (χ1v) is 6.78. The van der Waals surface area contributed by atoms with Crippen LogP contribution in [-0.4, -0.2) is 9.97 Å². The van der Waals surface area contributed by atoms with Crippen molar-refractivity contribution in [2.24, 2.45) is 0 Å². The fourth-order valence-corrected chi connectivity index (χ4v) is 2.21. The molecular formula is C18H17N2Y-. The van der Waals surface area contributed by atoms with E-state index in [0.717, 1.165) is 22.2 Å². The van der Waals surface area contributed by atoms with Crippen LogP contribution in [0.15, 0.2) is 48.8 Å². The third-order valence-electron chi connectivity index (χ3n) is 3.38. The summed E-state index contributed by atoms with van der Waals surface area (Å²) in [5.41, 5.74) is 5.39. The SMILES string of the molecule is CC(C)(C)c1[c-]c(-c2ccc3nccnc3c2)ccc1.[Y]. The summed E-state index contributed by atoms with van der Waals surface area (Å²) >= 11 is 0. The average molecular weight is 350 g/mol. The molecule has 1 aromatic heterocycles. The summed E-state index contributed by atoms with van der Waals surface area (Å²) in [4.78, 5) is 8.66. The van der Waals surface area contributed by atoms with Gasteiger partial charge in [-0.25, -0.2) is 0 Å². The zero-order valence-electron chi connectivity index (χ0n) is 12.6. The maximum absolute atomic E-state index is 4.36. The molecule has 0 N–H and O–H groups in total. The molecule has 0 saturated heterocycles. The first-order chi connectivity index (χ1) is 9.54. The van der Waals surface area contributed by atoms with Gasteiger partial charge in [0.05, 0.1) is 11.0 Å². The van der Waals surface area contributed by atoms with Crippen molar-refractivity contribution in [1.82, 2.24) is 9.97 Å². The Hall–Kier alpha value is -1.12. The molecule has 0 amide bonds. The molecule has 1 radical (unpaired) electrons. The van der Waals surface area contributed by atoms with E-state index in [2.05, 4.69) is 67.1 Å². The van der Waals surface area contributed by atoms with Crippen molar-refractivity contribution in [3.05, 3.63) is 60.4 Å². The van der Waals surface area contributed by atoms with Crippen LogP contribution in [0.2, 0.25) is 0 Å². The van der Waals surface area contributed by atoms with Crippen molar-refractivity contribution >= 4 is 11.0 Å². The van der Waals surface area contributed by atoms with E-state index < -0.39 is 0 Å². The molecule has 0 unspecified atom stereocenters.